The van der Waals surface area contributed by atoms with E-state index in [-0.39, 0.29) is 5.92 Å². The predicted molar refractivity (Wildman–Crippen MR) is 31.7 cm³/mol. The molecule has 0 aromatic carbocycles. The van der Waals surface area contributed by atoms with Crippen LogP contribution in [0, 0.1) is 5.92 Å². The molecular formula is C6H12O2. The van der Waals surface area contributed by atoms with Gasteiger partial charge in [0, 0.05) is 9.14 Å². The molecule has 0 heterocycles. The van der Waals surface area contributed by atoms with E-state index in [1.807, 2.05) is 0 Å². The molecule has 0 aromatic heterocycles. The highest BCUT2D eigenvalue weighted by molar-refractivity contribution is 5.66. The van der Waals surface area contributed by atoms with Gasteiger partial charge in [-0.2, -0.15) is 0 Å². The first-order valence-electron chi connectivity index (χ1n) is 3.69. The molecule has 0 unspecified atom stereocenters. The minimum absolute atomic E-state index is 0.0707. The molecule has 0 amide bonds. The summed E-state index contributed by atoms with van der Waals surface area (Å²) in [4.78, 5) is 10.1. The Labute approximate surface area is 52.3 Å². The fraction of sp³-hybridized carbons (Fsp3) is 0.833. The van der Waals surface area contributed by atoms with Crippen LogP contribution in [0.25, 0.3) is 0 Å². The minimum atomic E-state index is -1.31. The van der Waals surface area contributed by atoms with Crippen LogP contribution in [0.3, 0.4) is 0 Å². The van der Waals surface area contributed by atoms with E-state index < -0.39 is 18.8 Å². The summed E-state index contributed by atoms with van der Waals surface area (Å²) in [7, 11) is 0. The van der Waals surface area contributed by atoms with Crippen molar-refractivity contribution in [2.24, 2.45) is 5.92 Å². The second-order valence-electron chi connectivity index (χ2n) is 1.94. The molecule has 2 atom stereocenters. The van der Waals surface area contributed by atoms with Gasteiger partial charge in [0.15, 0.2) is 0 Å². The lowest BCUT2D eigenvalue weighted by Crippen LogP contribution is -1.97. The molecule has 0 saturated carbocycles. The van der Waals surface area contributed by atoms with Crippen molar-refractivity contribution < 1.29 is 12.6 Å². The van der Waals surface area contributed by atoms with Gasteiger partial charge in [-0.3, -0.25) is 4.79 Å². The van der Waals surface area contributed by atoms with Gasteiger partial charge >= 0.3 is 5.97 Å². The Morgan fingerprint density at radius 2 is 2.38 bits per heavy atom. The van der Waals surface area contributed by atoms with Crippen LogP contribution in [-0.2, 0) is 4.79 Å². The van der Waals surface area contributed by atoms with Gasteiger partial charge in [0.05, 0.1) is 0 Å². The fourth-order valence-electron chi connectivity index (χ4n) is 0.275. The smallest absolute Gasteiger partial charge is 0.303 e. The number of carboxylic acids is 1. The van der Waals surface area contributed by atoms with E-state index in [9.17, 15) is 4.79 Å². The number of hydrogen-bond acceptors (Lipinski definition) is 1. The predicted octanol–water partition coefficient (Wildman–Crippen LogP) is 1.51. The van der Waals surface area contributed by atoms with E-state index in [2.05, 4.69) is 0 Å². The number of hydrogen-bond donors (Lipinski definition) is 1. The van der Waals surface area contributed by atoms with Gasteiger partial charge in [0.1, 0.15) is 0 Å². The summed E-state index contributed by atoms with van der Waals surface area (Å²) in [5.41, 5.74) is 0. The zero-order valence-corrected chi connectivity index (χ0v) is 5.09. The van der Waals surface area contributed by atoms with Crippen molar-refractivity contribution in [2.75, 3.05) is 0 Å². The Bertz CT molecular complexity index is 125. The molecule has 0 fully saturated rings. The van der Waals surface area contributed by atoms with Crippen molar-refractivity contribution in [1.82, 2.24) is 0 Å². The molecule has 2 nitrogen and oxygen atoms in total. The van der Waals surface area contributed by atoms with Crippen molar-refractivity contribution in [3.63, 3.8) is 0 Å². The Kier molecular flexibility index (Phi) is 1.89. The van der Waals surface area contributed by atoms with Crippen LogP contribution in [0.5, 0.6) is 0 Å². The second-order valence-corrected chi connectivity index (χ2v) is 1.94. The summed E-state index contributed by atoms with van der Waals surface area (Å²) in [6.45, 7) is 3.48. The first-order valence-corrected chi connectivity index (χ1v) is 2.54. The first-order chi connectivity index (χ1) is 4.46. The normalized spacial score (nSPS) is 21.4. The second kappa shape index (κ2) is 3.47. The Morgan fingerprint density at radius 3 is 2.50 bits per heavy atom. The van der Waals surface area contributed by atoms with E-state index >= 15 is 0 Å². The molecule has 0 aromatic rings. The quantitative estimate of drug-likeness (QED) is 0.609. The largest absolute Gasteiger partial charge is 0.481 e. The summed E-state index contributed by atoms with van der Waals surface area (Å²) < 4.78 is 14.2. The van der Waals surface area contributed by atoms with Gasteiger partial charge in [0.2, 0.25) is 0 Å². The molecule has 0 aliphatic heterocycles. The fourth-order valence-corrected chi connectivity index (χ4v) is 0.275. The van der Waals surface area contributed by atoms with Crippen molar-refractivity contribution >= 4 is 5.97 Å². The molecule has 0 bridgehead atoms. The van der Waals surface area contributed by atoms with Crippen molar-refractivity contribution in [2.45, 2.75) is 26.6 Å². The molecule has 8 heavy (non-hydrogen) atoms. The lowest BCUT2D eigenvalue weighted by atomic mass is 10.1. The van der Waals surface area contributed by atoms with Gasteiger partial charge in [-0.05, 0) is 12.3 Å². The maximum atomic E-state index is 10.1. The molecule has 0 aliphatic rings. The van der Waals surface area contributed by atoms with E-state index in [1.54, 1.807) is 13.8 Å². The Morgan fingerprint density at radius 1 is 1.88 bits per heavy atom. The number of carboxylic acid groups (broad SMARTS) is 1. The SMILES string of the molecule is [2H][C@H](C(C)C)[C@@H]([2H])C(=O)O. The maximum Gasteiger partial charge on any atom is 0.303 e. The monoisotopic (exact) mass is 118 g/mol. The van der Waals surface area contributed by atoms with Crippen LogP contribution in [0.4, 0.5) is 0 Å². The Balaban J connectivity index is 3.94. The van der Waals surface area contributed by atoms with Crippen LogP contribution in [0.2, 0.25) is 0 Å². The highest BCUT2D eigenvalue weighted by Crippen LogP contribution is 2.01. The standard InChI is InChI=1S/C6H12O2/c1-5(2)3-4-6(7)8/h5H,3-4H2,1-2H3,(H,7,8)/i3D,4D/t3-,4+/m0/s1. The minimum Gasteiger partial charge on any atom is -0.481 e. The summed E-state index contributed by atoms with van der Waals surface area (Å²) in [6.07, 6.45) is -2.13. The van der Waals surface area contributed by atoms with Crippen molar-refractivity contribution in [3.8, 4) is 0 Å². The third kappa shape index (κ3) is 5.47. The van der Waals surface area contributed by atoms with Gasteiger partial charge in [-0.1, -0.05) is 13.8 Å². The lowest BCUT2D eigenvalue weighted by molar-refractivity contribution is -0.137. The lowest BCUT2D eigenvalue weighted by Gasteiger charge is -1.97. The molecule has 0 spiro atoms. The van der Waals surface area contributed by atoms with Crippen LogP contribution < -0.4 is 0 Å². The van der Waals surface area contributed by atoms with E-state index in [0.29, 0.717) is 0 Å². The third-order valence-electron chi connectivity index (χ3n) is 0.624. The zero-order chi connectivity index (χ0) is 8.31. The van der Waals surface area contributed by atoms with Gasteiger partial charge < -0.3 is 5.11 Å². The van der Waals surface area contributed by atoms with Crippen LogP contribution >= 0.6 is 0 Å². The molecular weight excluding hydrogens is 104 g/mol. The van der Waals surface area contributed by atoms with Gasteiger partial charge in [-0.25, -0.2) is 0 Å². The zero-order valence-electron chi connectivity index (χ0n) is 7.09. The van der Waals surface area contributed by atoms with Gasteiger partial charge in [-0.15, -0.1) is 0 Å². The van der Waals surface area contributed by atoms with Crippen molar-refractivity contribution in [1.29, 1.82) is 0 Å². The third-order valence-corrected chi connectivity index (χ3v) is 0.624. The van der Waals surface area contributed by atoms with E-state index in [4.69, 9.17) is 7.85 Å². The van der Waals surface area contributed by atoms with Crippen LogP contribution in [-0.4, -0.2) is 11.1 Å². The average molecular weight is 118 g/mol. The van der Waals surface area contributed by atoms with E-state index in [1.165, 1.54) is 0 Å². The van der Waals surface area contributed by atoms with Crippen LogP contribution in [0.1, 0.15) is 29.4 Å². The molecule has 1 N–H and O–H groups in total. The number of aliphatic carboxylic acids is 1. The summed E-state index contributed by atoms with van der Waals surface area (Å²) in [5.74, 6) is -1.28. The highest BCUT2D eigenvalue weighted by atomic mass is 16.4. The van der Waals surface area contributed by atoms with Crippen molar-refractivity contribution in [3.05, 3.63) is 0 Å². The summed E-state index contributed by atoms with van der Waals surface area (Å²) in [6, 6.07) is 0. The molecule has 0 rings (SSSR count). The number of carbonyl (C=O) groups is 1. The Hall–Kier alpha value is -0.530. The molecule has 48 valence electrons. The average Bonchev–Trinajstić information content (AvgIpc) is 1.84. The summed E-state index contributed by atoms with van der Waals surface area (Å²) in [5, 5.41) is 8.29. The molecule has 0 aliphatic carbocycles. The number of rotatable bonds is 3. The molecule has 2 heteroatoms. The maximum absolute atomic E-state index is 10.1. The highest BCUT2D eigenvalue weighted by Gasteiger charge is 1.97. The summed E-state index contributed by atoms with van der Waals surface area (Å²) >= 11 is 0. The molecule has 0 saturated heterocycles. The van der Waals surface area contributed by atoms with Gasteiger partial charge in [0.25, 0.3) is 0 Å². The topological polar surface area (TPSA) is 37.3 Å². The van der Waals surface area contributed by atoms with Crippen LogP contribution in [0.15, 0.2) is 0 Å². The molecule has 0 radical (unpaired) electrons. The first kappa shape index (κ1) is 4.36. The van der Waals surface area contributed by atoms with E-state index in [0.717, 1.165) is 0 Å².